The van der Waals surface area contributed by atoms with E-state index in [0.29, 0.717) is 43.5 Å². The maximum atomic E-state index is 14.2. The zero-order valence-corrected chi connectivity index (χ0v) is 17.9. The number of hydrogen-bond acceptors (Lipinski definition) is 7. The topological polar surface area (TPSA) is 102 Å². The maximum Gasteiger partial charge on any atom is 0.416 e. The molecule has 34 heavy (non-hydrogen) atoms. The number of aromatic nitrogens is 3. The molecule has 0 bridgehead atoms. The largest absolute Gasteiger partial charge is 0.416 e. The average Bonchev–Trinajstić information content (AvgIpc) is 2.84. The first-order valence-corrected chi connectivity index (χ1v) is 10.3. The maximum absolute atomic E-state index is 14.2. The lowest BCUT2D eigenvalue weighted by atomic mass is 10.2. The first-order valence-electron chi connectivity index (χ1n) is 10.3. The second-order valence-corrected chi connectivity index (χ2v) is 7.39. The zero-order valence-electron chi connectivity index (χ0n) is 17.9. The highest BCUT2D eigenvalue weighted by Crippen LogP contribution is 2.31. The smallest absolute Gasteiger partial charge is 0.382 e. The van der Waals surface area contributed by atoms with Crippen LogP contribution < -0.4 is 16.0 Å². The normalized spacial score (nSPS) is 14.8. The highest BCUT2D eigenvalue weighted by Gasteiger charge is 2.30. The van der Waals surface area contributed by atoms with E-state index in [2.05, 4.69) is 25.3 Å². The fraction of sp³-hybridized carbons (Fsp3) is 0.273. The number of aliphatic imine (C=N–C) groups is 1. The molecular weight excluding hydrogens is 454 g/mol. The lowest BCUT2D eigenvalue weighted by molar-refractivity contribution is -0.137. The highest BCUT2D eigenvalue weighted by atomic mass is 19.4. The van der Waals surface area contributed by atoms with Gasteiger partial charge in [-0.3, -0.25) is 9.98 Å². The molecule has 3 aromatic rings. The summed E-state index contributed by atoms with van der Waals surface area (Å²) < 4.78 is 58.1. The molecule has 1 saturated heterocycles. The molecule has 0 atom stereocenters. The van der Waals surface area contributed by atoms with Gasteiger partial charge in [0.1, 0.15) is 18.1 Å². The average molecular weight is 475 g/mol. The van der Waals surface area contributed by atoms with Crippen molar-refractivity contribution < 1.29 is 22.3 Å². The van der Waals surface area contributed by atoms with Crippen molar-refractivity contribution in [1.29, 1.82) is 0 Å². The minimum atomic E-state index is -4.43. The molecule has 178 valence electrons. The molecule has 1 aliphatic heterocycles. The predicted molar refractivity (Wildman–Crippen MR) is 118 cm³/mol. The third-order valence-electron chi connectivity index (χ3n) is 4.98. The van der Waals surface area contributed by atoms with Crippen molar-refractivity contribution in [2.75, 3.05) is 36.5 Å². The number of rotatable bonds is 6. The van der Waals surface area contributed by atoms with E-state index in [1.807, 2.05) is 0 Å². The summed E-state index contributed by atoms with van der Waals surface area (Å²) in [6, 6.07) is 8.05. The van der Waals surface area contributed by atoms with Crippen LogP contribution in [0.5, 0.6) is 0 Å². The fourth-order valence-corrected chi connectivity index (χ4v) is 3.26. The summed E-state index contributed by atoms with van der Waals surface area (Å²) in [7, 11) is 0. The highest BCUT2D eigenvalue weighted by molar-refractivity contribution is 5.95. The Labute approximate surface area is 192 Å². The number of anilines is 3. The summed E-state index contributed by atoms with van der Waals surface area (Å²) in [5.74, 6) is 0.0958. The number of ether oxygens (including phenoxy) is 1. The number of morpholine rings is 1. The fourth-order valence-electron chi connectivity index (χ4n) is 3.26. The van der Waals surface area contributed by atoms with Gasteiger partial charge in [0.15, 0.2) is 17.5 Å². The van der Waals surface area contributed by atoms with Crippen molar-refractivity contribution in [3.05, 3.63) is 71.7 Å². The van der Waals surface area contributed by atoms with Gasteiger partial charge in [0, 0.05) is 18.8 Å². The summed E-state index contributed by atoms with van der Waals surface area (Å²) in [4.78, 5) is 18.4. The predicted octanol–water partition coefficient (Wildman–Crippen LogP) is 3.52. The Balaban J connectivity index is 1.42. The molecule has 0 spiro atoms. The van der Waals surface area contributed by atoms with Crippen LogP contribution in [0.25, 0.3) is 0 Å². The molecular formula is C22H21F4N7O. The Morgan fingerprint density at radius 1 is 1.09 bits per heavy atom. The molecule has 0 aliphatic carbocycles. The monoisotopic (exact) mass is 475 g/mol. The molecule has 8 nitrogen and oxygen atoms in total. The van der Waals surface area contributed by atoms with Crippen molar-refractivity contribution in [1.82, 2.24) is 15.0 Å². The Morgan fingerprint density at radius 2 is 1.88 bits per heavy atom. The molecule has 1 fully saturated rings. The zero-order chi connectivity index (χ0) is 24.1. The Bertz CT molecular complexity index is 1160. The van der Waals surface area contributed by atoms with Crippen LogP contribution >= 0.6 is 0 Å². The van der Waals surface area contributed by atoms with E-state index in [0.717, 1.165) is 18.3 Å². The number of nitrogens with two attached hydrogens (primary N) is 1. The number of nitrogens with zero attached hydrogens (tertiary/aromatic N) is 5. The lowest BCUT2D eigenvalue weighted by Crippen LogP contribution is -2.37. The molecule has 4 rings (SSSR count). The first kappa shape index (κ1) is 23.4. The van der Waals surface area contributed by atoms with E-state index in [-0.39, 0.29) is 23.9 Å². The number of amidine groups is 1. The summed E-state index contributed by atoms with van der Waals surface area (Å²) in [6.07, 6.45) is -1.89. The van der Waals surface area contributed by atoms with Crippen LogP contribution in [0.2, 0.25) is 0 Å². The second kappa shape index (κ2) is 10.00. The Kier molecular flexibility index (Phi) is 6.87. The van der Waals surface area contributed by atoms with E-state index in [9.17, 15) is 17.6 Å². The molecule has 12 heteroatoms. The molecule has 0 amide bonds. The lowest BCUT2D eigenvalue weighted by Gasteiger charge is -2.28. The van der Waals surface area contributed by atoms with E-state index in [4.69, 9.17) is 10.5 Å². The van der Waals surface area contributed by atoms with Crippen LogP contribution in [-0.2, 0) is 17.5 Å². The van der Waals surface area contributed by atoms with Gasteiger partial charge in [0.05, 0.1) is 36.9 Å². The molecule has 0 radical (unpaired) electrons. The molecule has 0 saturated carbocycles. The van der Waals surface area contributed by atoms with Gasteiger partial charge in [-0.2, -0.15) is 13.2 Å². The van der Waals surface area contributed by atoms with Gasteiger partial charge in [-0.25, -0.2) is 14.4 Å². The standard InChI is InChI=1S/C22H21F4N7O/c23-17-12-29-19(32-21(17)33-6-8-34-9-7-33)13-30-20(27)18-5-4-16(11-28-18)31-15-3-1-2-14(10-15)22(24,25)26/h1-5,10-12,31H,6-9,13H2,(H2,27,30). The van der Waals surface area contributed by atoms with Crippen LogP contribution in [0.3, 0.4) is 0 Å². The van der Waals surface area contributed by atoms with E-state index in [1.165, 1.54) is 18.3 Å². The summed E-state index contributed by atoms with van der Waals surface area (Å²) >= 11 is 0. The number of hydrogen-bond donors (Lipinski definition) is 2. The molecule has 1 aliphatic rings. The minimum Gasteiger partial charge on any atom is -0.382 e. The van der Waals surface area contributed by atoms with Gasteiger partial charge >= 0.3 is 6.18 Å². The van der Waals surface area contributed by atoms with Gasteiger partial charge < -0.3 is 20.7 Å². The first-order chi connectivity index (χ1) is 16.3. The molecule has 1 aromatic carbocycles. The molecule has 3 N–H and O–H groups in total. The van der Waals surface area contributed by atoms with Crippen LogP contribution in [-0.4, -0.2) is 47.1 Å². The van der Waals surface area contributed by atoms with Crippen LogP contribution in [0.15, 0.2) is 53.8 Å². The second-order valence-electron chi connectivity index (χ2n) is 7.39. The number of pyridine rings is 1. The number of benzene rings is 1. The van der Waals surface area contributed by atoms with E-state index >= 15 is 0 Å². The third-order valence-corrected chi connectivity index (χ3v) is 4.98. The van der Waals surface area contributed by atoms with E-state index < -0.39 is 17.6 Å². The SMILES string of the molecule is NC(=NCc1ncc(F)c(N2CCOCC2)n1)c1ccc(Nc2cccc(C(F)(F)F)c2)cn1. The van der Waals surface area contributed by atoms with Crippen molar-refractivity contribution >= 4 is 23.0 Å². The number of alkyl halides is 3. The molecule has 0 unspecified atom stereocenters. The van der Waals surface area contributed by atoms with Crippen LogP contribution in [0.4, 0.5) is 34.8 Å². The van der Waals surface area contributed by atoms with Crippen LogP contribution in [0.1, 0.15) is 17.1 Å². The Morgan fingerprint density at radius 3 is 2.59 bits per heavy atom. The summed E-state index contributed by atoms with van der Waals surface area (Å²) in [5, 5.41) is 2.87. The van der Waals surface area contributed by atoms with Crippen molar-refractivity contribution in [2.45, 2.75) is 12.7 Å². The Hall–Kier alpha value is -3.80. The van der Waals surface area contributed by atoms with E-state index in [1.54, 1.807) is 17.0 Å². The van der Waals surface area contributed by atoms with Crippen LogP contribution in [0, 0.1) is 5.82 Å². The van der Waals surface area contributed by atoms with Gasteiger partial charge in [0.25, 0.3) is 0 Å². The van der Waals surface area contributed by atoms with Crippen molar-refractivity contribution in [2.24, 2.45) is 10.7 Å². The van der Waals surface area contributed by atoms with Crippen molar-refractivity contribution in [3.8, 4) is 0 Å². The van der Waals surface area contributed by atoms with Gasteiger partial charge in [-0.1, -0.05) is 6.07 Å². The molecule has 2 aromatic heterocycles. The quantitative estimate of drug-likeness (QED) is 0.320. The van der Waals surface area contributed by atoms with Gasteiger partial charge in [-0.05, 0) is 30.3 Å². The molecule has 3 heterocycles. The minimum absolute atomic E-state index is 0.0232. The van der Waals surface area contributed by atoms with Crippen molar-refractivity contribution in [3.63, 3.8) is 0 Å². The third kappa shape index (κ3) is 5.76. The summed E-state index contributed by atoms with van der Waals surface area (Å²) in [5.41, 5.74) is 6.38. The summed E-state index contributed by atoms with van der Waals surface area (Å²) in [6.45, 7) is 2.07. The van der Waals surface area contributed by atoms with Gasteiger partial charge in [0.2, 0.25) is 0 Å². The number of nitrogens with one attached hydrogen (secondary N) is 1. The van der Waals surface area contributed by atoms with Gasteiger partial charge in [-0.15, -0.1) is 0 Å². The number of halogens is 4.